The molecule has 1 N–H and O–H groups in total. The Hall–Kier alpha value is -1.70. The second-order valence-electron chi connectivity index (χ2n) is 4.68. The minimum atomic E-state index is -3.58. The minimum absolute atomic E-state index is 0.118. The number of benzene rings is 2. The Morgan fingerprint density at radius 1 is 1.04 bits per heavy atom. The van der Waals surface area contributed by atoms with Crippen molar-refractivity contribution in [1.82, 2.24) is 4.72 Å². The standard InChI is InChI=1S/C16H19NO4S2/c1-20-13-4-9-16(21-2)12(10-13)11-17-23(18,19)15-7-5-14(22-3)6-8-15/h4-10,17H,11H2,1-3H3. The van der Waals surface area contributed by atoms with Crippen LogP contribution in [0.3, 0.4) is 0 Å². The van der Waals surface area contributed by atoms with E-state index < -0.39 is 10.0 Å². The van der Waals surface area contributed by atoms with Gasteiger partial charge in [-0.15, -0.1) is 11.8 Å². The Labute approximate surface area is 141 Å². The third-order valence-corrected chi connectivity index (χ3v) is 5.47. The smallest absolute Gasteiger partial charge is 0.240 e. The molecule has 0 unspecified atom stereocenters. The van der Waals surface area contributed by atoms with Crippen LogP contribution in [0.1, 0.15) is 5.56 Å². The lowest BCUT2D eigenvalue weighted by Gasteiger charge is -2.12. The summed E-state index contributed by atoms with van der Waals surface area (Å²) in [5.74, 6) is 1.25. The first kappa shape index (κ1) is 17.7. The Kier molecular flexibility index (Phi) is 5.92. The first-order chi connectivity index (χ1) is 11.0. The maximum atomic E-state index is 12.4. The summed E-state index contributed by atoms with van der Waals surface area (Å²) in [6.07, 6.45) is 1.94. The lowest BCUT2D eigenvalue weighted by molar-refractivity contribution is 0.398. The fourth-order valence-corrected chi connectivity index (χ4v) is 3.45. The molecule has 0 aliphatic carbocycles. The van der Waals surface area contributed by atoms with E-state index in [0.717, 1.165) is 4.90 Å². The number of nitrogens with one attached hydrogen (secondary N) is 1. The molecule has 23 heavy (non-hydrogen) atoms. The van der Waals surface area contributed by atoms with E-state index in [9.17, 15) is 8.42 Å². The molecule has 0 aromatic heterocycles. The average Bonchev–Trinajstić information content (AvgIpc) is 2.59. The van der Waals surface area contributed by atoms with Crippen molar-refractivity contribution in [2.75, 3.05) is 20.5 Å². The van der Waals surface area contributed by atoms with Crippen LogP contribution < -0.4 is 14.2 Å². The van der Waals surface area contributed by atoms with Gasteiger partial charge in [-0.1, -0.05) is 0 Å². The number of thioether (sulfide) groups is 1. The van der Waals surface area contributed by atoms with E-state index in [0.29, 0.717) is 17.1 Å². The number of ether oxygens (including phenoxy) is 2. The molecule has 0 heterocycles. The van der Waals surface area contributed by atoms with E-state index in [1.165, 1.54) is 0 Å². The highest BCUT2D eigenvalue weighted by Gasteiger charge is 2.15. The summed E-state index contributed by atoms with van der Waals surface area (Å²) < 4.78 is 37.7. The summed E-state index contributed by atoms with van der Waals surface area (Å²) in [5.41, 5.74) is 0.705. The molecule has 0 aliphatic heterocycles. The molecule has 5 nitrogen and oxygen atoms in total. The Morgan fingerprint density at radius 3 is 2.30 bits per heavy atom. The van der Waals surface area contributed by atoms with Crippen LogP contribution >= 0.6 is 11.8 Å². The fourth-order valence-electron chi connectivity index (χ4n) is 2.03. The average molecular weight is 353 g/mol. The molecule has 0 fully saturated rings. The Bertz CT molecular complexity index is 758. The monoisotopic (exact) mass is 353 g/mol. The third-order valence-electron chi connectivity index (χ3n) is 3.31. The molecular formula is C16H19NO4S2. The van der Waals surface area contributed by atoms with Crippen molar-refractivity contribution < 1.29 is 17.9 Å². The fraction of sp³-hybridized carbons (Fsp3) is 0.250. The molecule has 0 aliphatic rings. The molecule has 2 rings (SSSR count). The summed E-state index contributed by atoms with van der Waals surface area (Å²) >= 11 is 1.56. The van der Waals surface area contributed by atoms with Gasteiger partial charge in [0.15, 0.2) is 0 Å². The van der Waals surface area contributed by atoms with E-state index in [1.807, 2.05) is 6.26 Å². The van der Waals surface area contributed by atoms with Crippen molar-refractivity contribution in [2.45, 2.75) is 16.3 Å². The van der Waals surface area contributed by atoms with Gasteiger partial charge in [0.05, 0.1) is 19.1 Å². The summed E-state index contributed by atoms with van der Waals surface area (Å²) in [6, 6.07) is 12.0. The van der Waals surface area contributed by atoms with E-state index in [4.69, 9.17) is 9.47 Å². The first-order valence-electron chi connectivity index (χ1n) is 6.85. The zero-order valence-electron chi connectivity index (χ0n) is 13.2. The molecule has 0 atom stereocenters. The van der Waals surface area contributed by atoms with Crippen molar-refractivity contribution in [3.63, 3.8) is 0 Å². The largest absolute Gasteiger partial charge is 0.497 e. The first-order valence-corrected chi connectivity index (χ1v) is 9.55. The van der Waals surface area contributed by atoms with Gasteiger partial charge in [-0.25, -0.2) is 13.1 Å². The zero-order chi connectivity index (χ0) is 16.9. The van der Waals surface area contributed by atoms with E-state index in [-0.39, 0.29) is 11.4 Å². The maximum absolute atomic E-state index is 12.4. The van der Waals surface area contributed by atoms with Crippen LogP contribution in [0.2, 0.25) is 0 Å². The van der Waals surface area contributed by atoms with Gasteiger partial charge in [0.2, 0.25) is 10.0 Å². The Balaban J connectivity index is 2.18. The quantitative estimate of drug-likeness (QED) is 0.776. The molecule has 2 aromatic rings. The second-order valence-corrected chi connectivity index (χ2v) is 7.32. The summed E-state index contributed by atoms with van der Waals surface area (Å²) in [4.78, 5) is 1.25. The Morgan fingerprint density at radius 2 is 1.74 bits per heavy atom. The number of rotatable bonds is 7. The zero-order valence-corrected chi connectivity index (χ0v) is 14.8. The number of methoxy groups -OCH3 is 2. The second kappa shape index (κ2) is 7.72. The molecule has 0 radical (unpaired) electrons. The van der Waals surface area contributed by atoms with Crippen LogP contribution in [0.25, 0.3) is 0 Å². The predicted molar refractivity (Wildman–Crippen MR) is 91.8 cm³/mol. The highest BCUT2D eigenvalue weighted by Crippen LogP contribution is 2.24. The summed E-state index contributed by atoms with van der Waals surface area (Å²) in [6.45, 7) is 0.118. The van der Waals surface area contributed by atoms with Crippen LogP contribution in [-0.4, -0.2) is 28.9 Å². The highest BCUT2D eigenvalue weighted by molar-refractivity contribution is 7.98. The van der Waals surface area contributed by atoms with E-state index >= 15 is 0 Å². The van der Waals surface area contributed by atoms with Crippen LogP contribution in [0.15, 0.2) is 52.3 Å². The van der Waals surface area contributed by atoms with Gasteiger partial charge in [0.1, 0.15) is 11.5 Å². The van der Waals surface area contributed by atoms with Gasteiger partial charge in [-0.2, -0.15) is 0 Å². The number of sulfonamides is 1. The lowest BCUT2D eigenvalue weighted by atomic mass is 10.2. The van der Waals surface area contributed by atoms with Gasteiger partial charge in [0.25, 0.3) is 0 Å². The summed E-state index contributed by atoms with van der Waals surface area (Å²) in [7, 11) is -0.482. The van der Waals surface area contributed by atoms with Gasteiger partial charge in [-0.3, -0.25) is 0 Å². The van der Waals surface area contributed by atoms with Crippen LogP contribution in [0.5, 0.6) is 11.5 Å². The van der Waals surface area contributed by atoms with Gasteiger partial charge < -0.3 is 9.47 Å². The number of hydrogen-bond acceptors (Lipinski definition) is 5. The third kappa shape index (κ3) is 4.40. The van der Waals surface area contributed by atoms with Crippen molar-refractivity contribution in [3.05, 3.63) is 48.0 Å². The van der Waals surface area contributed by atoms with Gasteiger partial charge in [-0.05, 0) is 48.7 Å². The molecule has 2 aromatic carbocycles. The molecule has 0 saturated carbocycles. The summed E-state index contributed by atoms with van der Waals surface area (Å²) in [5, 5.41) is 0. The SMILES string of the molecule is COc1ccc(OC)c(CNS(=O)(=O)c2ccc(SC)cc2)c1. The molecule has 7 heteroatoms. The van der Waals surface area contributed by atoms with Crippen molar-refractivity contribution in [1.29, 1.82) is 0 Å². The maximum Gasteiger partial charge on any atom is 0.240 e. The molecule has 0 spiro atoms. The molecule has 0 amide bonds. The van der Waals surface area contributed by atoms with E-state index in [1.54, 1.807) is 68.4 Å². The van der Waals surface area contributed by atoms with Gasteiger partial charge in [0, 0.05) is 17.0 Å². The number of hydrogen-bond donors (Lipinski definition) is 1. The molecular weight excluding hydrogens is 334 g/mol. The predicted octanol–water partition coefficient (Wildman–Crippen LogP) is 2.90. The topological polar surface area (TPSA) is 64.6 Å². The molecule has 0 saturated heterocycles. The van der Waals surface area contributed by atoms with Crippen molar-refractivity contribution >= 4 is 21.8 Å². The lowest BCUT2D eigenvalue weighted by Crippen LogP contribution is -2.23. The molecule has 0 bridgehead atoms. The van der Waals surface area contributed by atoms with Crippen molar-refractivity contribution in [3.8, 4) is 11.5 Å². The highest BCUT2D eigenvalue weighted by atomic mass is 32.2. The normalized spacial score (nSPS) is 11.3. The minimum Gasteiger partial charge on any atom is -0.497 e. The van der Waals surface area contributed by atoms with Crippen LogP contribution in [-0.2, 0) is 16.6 Å². The van der Waals surface area contributed by atoms with Crippen LogP contribution in [0.4, 0.5) is 0 Å². The van der Waals surface area contributed by atoms with Crippen molar-refractivity contribution in [2.24, 2.45) is 0 Å². The van der Waals surface area contributed by atoms with Gasteiger partial charge >= 0.3 is 0 Å². The van der Waals surface area contributed by atoms with E-state index in [2.05, 4.69) is 4.72 Å². The molecule has 124 valence electrons. The van der Waals surface area contributed by atoms with Crippen LogP contribution in [0, 0.1) is 0 Å².